The van der Waals surface area contributed by atoms with Gasteiger partial charge in [0, 0.05) is 4.88 Å². The summed E-state index contributed by atoms with van der Waals surface area (Å²) in [5.41, 5.74) is 1.55. The first-order chi connectivity index (χ1) is 6.38. The Balaban J connectivity index is 2.17. The molecule has 1 aromatic rings. The minimum Gasteiger partial charge on any atom is -0.192 e. The number of allylic oxidation sites excluding steroid dienone is 1. The van der Waals surface area contributed by atoms with Crippen molar-refractivity contribution in [1.82, 2.24) is 0 Å². The largest absolute Gasteiger partial charge is 0.192 e. The summed E-state index contributed by atoms with van der Waals surface area (Å²) in [5.74, 6) is 0. The van der Waals surface area contributed by atoms with Crippen molar-refractivity contribution in [3.8, 4) is 6.07 Å². The van der Waals surface area contributed by atoms with Gasteiger partial charge in [0.2, 0.25) is 0 Å². The third kappa shape index (κ3) is 1.99. The van der Waals surface area contributed by atoms with E-state index in [4.69, 9.17) is 5.26 Å². The molecule has 0 unspecified atom stereocenters. The molecule has 66 valence electrons. The van der Waals surface area contributed by atoms with Crippen molar-refractivity contribution in [3.05, 3.63) is 27.5 Å². The first kappa shape index (κ1) is 8.52. The van der Waals surface area contributed by atoms with Gasteiger partial charge < -0.3 is 0 Å². The Hall–Kier alpha value is -1.07. The summed E-state index contributed by atoms with van der Waals surface area (Å²) in [7, 11) is 0. The maximum atomic E-state index is 8.65. The van der Waals surface area contributed by atoms with Gasteiger partial charge in [0.15, 0.2) is 0 Å². The molecule has 1 aromatic heterocycles. The third-order valence-corrected chi connectivity index (χ3v) is 3.27. The quantitative estimate of drug-likeness (QED) is 0.662. The summed E-state index contributed by atoms with van der Waals surface area (Å²) >= 11 is 1.58. The van der Waals surface area contributed by atoms with Crippen LogP contribution in [0.2, 0.25) is 0 Å². The van der Waals surface area contributed by atoms with Crippen LogP contribution in [0.1, 0.15) is 35.4 Å². The highest BCUT2D eigenvalue weighted by Gasteiger charge is 2.06. The Kier molecular flexibility index (Phi) is 2.47. The molecule has 1 aliphatic carbocycles. The van der Waals surface area contributed by atoms with E-state index in [2.05, 4.69) is 12.1 Å². The lowest BCUT2D eigenvalue weighted by Gasteiger charge is -1.91. The summed E-state index contributed by atoms with van der Waals surface area (Å²) < 4.78 is 0. The molecule has 1 aliphatic rings. The summed E-state index contributed by atoms with van der Waals surface area (Å²) in [5, 5.41) is 8.65. The van der Waals surface area contributed by atoms with Crippen molar-refractivity contribution < 1.29 is 0 Å². The molecule has 0 saturated heterocycles. The van der Waals surface area contributed by atoms with E-state index in [1.165, 1.54) is 30.6 Å². The SMILES string of the molecule is N#Cc1ccc(C=C2CCCC2)s1. The van der Waals surface area contributed by atoms with Gasteiger partial charge in [-0.3, -0.25) is 0 Å². The fourth-order valence-electron chi connectivity index (χ4n) is 1.67. The minimum absolute atomic E-state index is 0.810. The molecule has 1 heterocycles. The second kappa shape index (κ2) is 3.76. The summed E-state index contributed by atoms with van der Waals surface area (Å²) in [4.78, 5) is 2.04. The Morgan fingerprint density at radius 1 is 1.31 bits per heavy atom. The zero-order valence-corrected chi connectivity index (χ0v) is 8.23. The van der Waals surface area contributed by atoms with Crippen LogP contribution in [0.4, 0.5) is 0 Å². The average Bonchev–Trinajstić information content (AvgIpc) is 2.76. The van der Waals surface area contributed by atoms with Gasteiger partial charge >= 0.3 is 0 Å². The Labute approximate surface area is 82.3 Å². The molecule has 2 heteroatoms. The van der Waals surface area contributed by atoms with Crippen LogP contribution in [0.3, 0.4) is 0 Å². The molecule has 0 aliphatic heterocycles. The molecule has 0 N–H and O–H groups in total. The standard InChI is InChI=1S/C11H11NS/c12-8-11-6-5-10(13-11)7-9-3-1-2-4-9/h5-7H,1-4H2. The molecular formula is C11H11NS. The molecule has 0 bridgehead atoms. The Bertz CT molecular complexity index is 360. The Morgan fingerprint density at radius 3 is 2.69 bits per heavy atom. The van der Waals surface area contributed by atoms with Gasteiger partial charge in [-0.15, -0.1) is 11.3 Å². The van der Waals surface area contributed by atoms with Crippen LogP contribution in [-0.2, 0) is 0 Å². The number of hydrogen-bond acceptors (Lipinski definition) is 2. The maximum absolute atomic E-state index is 8.65. The van der Waals surface area contributed by atoms with Crippen LogP contribution in [0.5, 0.6) is 0 Å². The fraction of sp³-hybridized carbons (Fsp3) is 0.364. The average molecular weight is 189 g/mol. The highest BCUT2D eigenvalue weighted by molar-refractivity contribution is 7.13. The van der Waals surface area contributed by atoms with Crippen LogP contribution in [0, 0.1) is 11.3 Å². The van der Waals surface area contributed by atoms with Gasteiger partial charge in [-0.1, -0.05) is 5.57 Å². The smallest absolute Gasteiger partial charge is 0.110 e. The molecule has 0 radical (unpaired) electrons. The van der Waals surface area contributed by atoms with Gasteiger partial charge in [0.1, 0.15) is 10.9 Å². The second-order valence-electron chi connectivity index (χ2n) is 3.32. The van der Waals surface area contributed by atoms with Crippen LogP contribution < -0.4 is 0 Å². The van der Waals surface area contributed by atoms with E-state index in [-0.39, 0.29) is 0 Å². The van der Waals surface area contributed by atoms with Crippen molar-refractivity contribution in [1.29, 1.82) is 5.26 Å². The fourth-order valence-corrected chi connectivity index (χ4v) is 2.46. The first-order valence-electron chi connectivity index (χ1n) is 4.58. The van der Waals surface area contributed by atoms with E-state index >= 15 is 0 Å². The van der Waals surface area contributed by atoms with Gasteiger partial charge in [0.05, 0.1) is 0 Å². The van der Waals surface area contributed by atoms with Crippen LogP contribution >= 0.6 is 11.3 Å². The minimum atomic E-state index is 0.810. The van der Waals surface area contributed by atoms with E-state index in [1.807, 2.05) is 12.1 Å². The van der Waals surface area contributed by atoms with Gasteiger partial charge in [-0.2, -0.15) is 5.26 Å². The molecule has 0 aromatic carbocycles. The van der Waals surface area contributed by atoms with Crippen molar-refractivity contribution in [2.75, 3.05) is 0 Å². The highest BCUT2D eigenvalue weighted by atomic mass is 32.1. The molecule has 1 saturated carbocycles. The topological polar surface area (TPSA) is 23.8 Å². The lowest BCUT2D eigenvalue weighted by atomic mass is 10.2. The summed E-state index contributed by atoms with van der Waals surface area (Å²) in [6, 6.07) is 6.09. The van der Waals surface area contributed by atoms with Gasteiger partial charge in [-0.25, -0.2) is 0 Å². The predicted molar refractivity (Wildman–Crippen MR) is 55.5 cm³/mol. The lowest BCUT2D eigenvalue weighted by Crippen LogP contribution is -1.69. The van der Waals surface area contributed by atoms with Crippen LogP contribution in [0.15, 0.2) is 17.7 Å². The van der Waals surface area contributed by atoms with Crippen LogP contribution in [-0.4, -0.2) is 0 Å². The lowest BCUT2D eigenvalue weighted by molar-refractivity contribution is 0.886. The molecule has 0 amide bonds. The molecule has 1 fully saturated rings. The third-order valence-electron chi connectivity index (χ3n) is 2.33. The van der Waals surface area contributed by atoms with Crippen molar-refractivity contribution in [3.63, 3.8) is 0 Å². The summed E-state index contributed by atoms with van der Waals surface area (Å²) in [6.07, 6.45) is 7.42. The van der Waals surface area contributed by atoms with Crippen molar-refractivity contribution in [2.24, 2.45) is 0 Å². The molecular weight excluding hydrogens is 178 g/mol. The predicted octanol–water partition coefficient (Wildman–Crippen LogP) is 3.58. The zero-order valence-electron chi connectivity index (χ0n) is 7.42. The summed E-state index contributed by atoms with van der Waals surface area (Å²) in [6.45, 7) is 0. The van der Waals surface area contributed by atoms with E-state index in [9.17, 15) is 0 Å². The number of thiophene rings is 1. The van der Waals surface area contributed by atoms with Crippen LogP contribution in [0.25, 0.3) is 6.08 Å². The molecule has 1 nitrogen and oxygen atoms in total. The Morgan fingerprint density at radius 2 is 2.08 bits per heavy atom. The second-order valence-corrected chi connectivity index (χ2v) is 4.44. The number of nitrogens with zero attached hydrogens (tertiary/aromatic N) is 1. The van der Waals surface area contributed by atoms with Gasteiger partial charge in [0.25, 0.3) is 0 Å². The van der Waals surface area contributed by atoms with E-state index in [0.717, 1.165) is 4.88 Å². The molecule has 2 rings (SSSR count). The molecule has 13 heavy (non-hydrogen) atoms. The maximum Gasteiger partial charge on any atom is 0.110 e. The normalized spacial score (nSPS) is 15.8. The first-order valence-corrected chi connectivity index (χ1v) is 5.39. The number of rotatable bonds is 1. The number of nitriles is 1. The van der Waals surface area contributed by atoms with Crippen molar-refractivity contribution >= 4 is 17.4 Å². The van der Waals surface area contributed by atoms with E-state index < -0.39 is 0 Å². The van der Waals surface area contributed by atoms with E-state index in [1.54, 1.807) is 16.9 Å². The molecule has 0 spiro atoms. The molecule has 0 atom stereocenters. The number of hydrogen-bond donors (Lipinski definition) is 0. The van der Waals surface area contributed by atoms with Crippen molar-refractivity contribution in [2.45, 2.75) is 25.7 Å². The zero-order chi connectivity index (χ0) is 9.10. The monoisotopic (exact) mass is 189 g/mol. The highest BCUT2D eigenvalue weighted by Crippen LogP contribution is 2.28. The van der Waals surface area contributed by atoms with E-state index in [0.29, 0.717) is 0 Å². The van der Waals surface area contributed by atoms with Gasteiger partial charge in [-0.05, 0) is 43.9 Å².